The normalized spacial score (nSPS) is 10.5. The molecule has 0 unspecified atom stereocenters. The first kappa shape index (κ1) is 13.2. The first-order valence-electron chi connectivity index (χ1n) is 6.59. The van der Waals surface area contributed by atoms with Gasteiger partial charge in [0.05, 0.1) is 18.6 Å². The van der Waals surface area contributed by atoms with Crippen LogP contribution in [0.3, 0.4) is 0 Å². The van der Waals surface area contributed by atoms with Crippen molar-refractivity contribution in [1.29, 1.82) is 0 Å². The minimum Gasteiger partial charge on any atom is -0.295 e. The molecule has 3 nitrogen and oxygen atoms in total. The summed E-state index contributed by atoms with van der Waals surface area (Å²) in [6.45, 7) is 0.174. The predicted octanol–water partition coefficient (Wildman–Crippen LogP) is 3.10. The van der Waals surface area contributed by atoms with E-state index < -0.39 is 0 Å². The molecular weight excluding hydrogens is 267 g/mol. The smallest absolute Gasteiger partial charge is 0.254 e. The van der Waals surface area contributed by atoms with Crippen molar-refractivity contribution in [2.24, 2.45) is 0 Å². The molecule has 0 fully saturated rings. The van der Waals surface area contributed by atoms with E-state index in [4.69, 9.17) is 0 Å². The minimum atomic E-state index is -0.323. The lowest BCUT2D eigenvalue weighted by molar-refractivity contribution is 0.594. The predicted molar refractivity (Wildman–Crippen MR) is 79.4 cm³/mol. The van der Waals surface area contributed by atoms with Gasteiger partial charge in [0, 0.05) is 17.2 Å². The molecule has 21 heavy (non-hydrogen) atoms. The van der Waals surface area contributed by atoms with Crippen molar-refractivity contribution < 1.29 is 4.39 Å². The van der Waals surface area contributed by atoms with Gasteiger partial charge in [-0.1, -0.05) is 48.5 Å². The molecule has 0 spiro atoms. The fourth-order valence-electron chi connectivity index (χ4n) is 2.12. The highest BCUT2D eigenvalue weighted by atomic mass is 19.1. The summed E-state index contributed by atoms with van der Waals surface area (Å²) in [5.41, 5.74) is 1.76. The van der Waals surface area contributed by atoms with Crippen LogP contribution in [-0.4, -0.2) is 9.55 Å². The highest BCUT2D eigenvalue weighted by molar-refractivity contribution is 5.57. The maximum atomic E-state index is 13.6. The van der Waals surface area contributed by atoms with Gasteiger partial charge in [0.2, 0.25) is 0 Å². The standard InChI is InChI=1S/C17H13FN2O/c18-15-9-5-4-8-14(15)11-20-12-19-16(10-17(20)21)13-6-2-1-3-7-13/h1-10,12H,11H2. The van der Waals surface area contributed by atoms with Gasteiger partial charge in [0.1, 0.15) is 5.82 Å². The molecule has 0 atom stereocenters. The molecule has 0 N–H and O–H groups in total. The van der Waals surface area contributed by atoms with Crippen LogP contribution < -0.4 is 5.56 Å². The second-order valence-corrected chi connectivity index (χ2v) is 4.70. The molecule has 1 aromatic heterocycles. The Morgan fingerprint density at radius 3 is 2.43 bits per heavy atom. The van der Waals surface area contributed by atoms with E-state index in [1.54, 1.807) is 18.2 Å². The molecule has 3 rings (SSSR count). The van der Waals surface area contributed by atoms with Gasteiger partial charge in [0.25, 0.3) is 5.56 Å². The van der Waals surface area contributed by atoms with Gasteiger partial charge >= 0.3 is 0 Å². The average molecular weight is 280 g/mol. The molecule has 0 aliphatic rings. The van der Waals surface area contributed by atoms with Crippen LogP contribution in [0, 0.1) is 5.82 Å². The number of rotatable bonds is 3. The Bertz CT molecular complexity index is 812. The van der Waals surface area contributed by atoms with Crippen molar-refractivity contribution in [3.63, 3.8) is 0 Å². The summed E-state index contributed by atoms with van der Waals surface area (Å²) >= 11 is 0. The Hall–Kier alpha value is -2.75. The fraction of sp³-hybridized carbons (Fsp3) is 0.0588. The lowest BCUT2D eigenvalue weighted by atomic mass is 10.1. The van der Waals surface area contributed by atoms with Crippen LogP contribution in [0.2, 0.25) is 0 Å². The van der Waals surface area contributed by atoms with Crippen molar-refractivity contribution in [2.45, 2.75) is 6.54 Å². The highest BCUT2D eigenvalue weighted by Gasteiger charge is 2.05. The fourth-order valence-corrected chi connectivity index (χ4v) is 2.12. The largest absolute Gasteiger partial charge is 0.295 e. The zero-order valence-corrected chi connectivity index (χ0v) is 11.2. The summed E-state index contributed by atoms with van der Waals surface area (Å²) in [5.74, 6) is -0.323. The monoisotopic (exact) mass is 280 g/mol. The molecule has 0 amide bonds. The van der Waals surface area contributed by atoms with Gasteiger partial charge in [-0.15, -0.1) is 0 Å². The number of aromatic nitrogens is 2. The van der Waals surface area contributed by atoms with Crippen molar-refractivity contribution in [3.05, 3.63) is 88.7 Å². The van der Waals surface area contributed by atoms with E-state index in [-0.39, 0.29) is 17.9 Å². The molecule has 0 bridgehead atoms. The minimum absolute atomic E-state index is 0.174. The van der Waals surface area contributed by atoms with Gasteiger partial charge in [-0.05, 0) is 6.07 Å². The van der Waals surface area contributed by atoms with Gasteiger partial charge in [-0.25, -0.2) is 9.37 Å². The number of nitrogens with zero attached hydrogens (tertiary/aromatic N) is 2. The molecule has 4 heteroatoms. The SMILES string of the molecule is O=c1cc(-c2ccccc2)ncn1Cc1ccccc1F. The number of hydrogen-bond acceptors (Lipinski definition) is 2. The first-order chi connectivity index (χ1) is 10.2. The van der Waals surface area contributed by atoms with Crippen molar-refractivity contribution >= 4 is 0 Å². The number of hydrogen-bond donors (Lipinski definition) is 0. The van der Waals surface area contributed by atoms with Crippen LogP contribution in [0.4, 0.5) is 4.39 Å². The summed E-state index contributed by atoms with van der Waals surface area (Å²) in [7, 11) is 0. The maximum absolute atomic E-state index is 13.6. The van der Waals surface area contributed by atoms with E-state index in [1.807, 2.05) is 30.3 Å². The van der Waals surface area contributed by atoms with Gasteiger partial charge < -0.3 is 0 Å². The van der Waals surface area contributed by atoms with E-state index in [9.17, 15) is 9.18 Å². The zero-order valence-electron chi connectivity index (χ0n) is 11.2. The molecule has 2 aromatic carbocycles. The van der Waals surface area contributed by atoms with E-state index in [0.29, 0.717) is 11.3 Å². The third-order valence-corrected chi connectivity index (χ3v) is 3.25. The number of benzene rings is 2. The second-order valence-electron chi connectivity index (χ2n) is 4.70. The first-order valence-corrected chi connectivity index (χ1v) is 6.59. The van der Waals surface area contributed by atoms with Crippen molar-refractivity contribution in [2.75, 3.05) is 0 Å². The van der Waals surface area contributed by atoms with Crippen LogP contribution in [0.25, 0.3) is 11.3 Å². The lowest BCUT2D eigenvalue weighted by Gasteiger charge is -2.07. The van der Waals surface area contributed by atoms with Gasteiger partial charge in [0.15, 0.2) is 0 Å². The second kappa shape index (κ2) is 5.71. The molecule has 0 radical (unpaired) electrons. The lowest BCUT2D eigenvalue weighted by Crippen LogP contribution is -2.20. The van der Waals surface area contributed by atoms with Crippen LogP contribution in [-0.2, 0) is 6.54 Å². The summed E-state index contributed by atoms with van der Waals surface area (Å²) in [4.78, 5) is 16.4. The third-order valence-electron chi connectivity index (χ3n) is 3.25. The van der Waals surface area contributed by atoms with Crippen LogP contribution in [0.1, 0.15) is 5.56 Å². The molecule has 3 aromatic rings. The van der Waals surface area contributed by atoms with E-state index in [2.05, 4.69) is 4.98 Å². The Morgan fingerprint density at radius 1 is 1.00 bits per heavy atom. The zero-order chi connectivity index (χ0) is 14.7. The molecule has 1 heterocycles. The summed E-state index contributed by atoms with van der Waals surface area (Å²) in [6.07, 6.45) is 1.46. The summed E-state index contributed by atoms with van der Waals surface area (Å²) in [5, 5.41) is 0. The van der Waals surface area contributed by atoms with E-state index >= 15 is 0 Å². The Kier molecular flexibility index (Phi) is 3.60. The third kappa shape index (κ3) is 2.89. The molecule has 0 aliphatic heterocycles. The Balaban J connectivity index is 1.93. The van der Waals surface area contributed by atoms with Gasteiger partial charge in [-0.3, -0.25) is 9.36 Å². The van der Waals surface area contributed by atoms with Crippen LogP contribution >= 0.6 is 0 Å². The molecule has 0 aliphatic carbocycles. The van der Waals surface area contributed by atoms with E-state index in [0.717, 1.165) is 5.56 Å². The topological polar surface area (TPSA) is 34.9 Å². The molecule has 0 saturated carbocycles. The summed E-state index contributed by atoms with van der Waals surface area (Å²) in [6, 6.07) is 17.3. The van der Waals surface area contributed by atoms with Crippen LogP contribution in [0.5, 0.6) is 0 Å². The number of halogens is 1. The molecule has 0 saturated heterocycles. The quantitative estimate of drug-likeness (QED) is 0.739. The molecule has 104 valence electrons. The van der Waals surface area contributed by atoms with Crippen LogP contribution in [0.15, 0.2) is 71.8 Å². The van der Waals surface area contributed by atoms with E-state index in [1.165, 1.54) is 23.0 Å². The highest BCUT2D eigenvalue weighted by Crippen LogP contribution is 2.14. The van der Waals surface area contributed by atoms with Crippen molar-refractivity contribution in [3.8, 4) is 11.3 Å². The molecular formula is C17H13FN2O. The Morgan fingerprint density at radius 2 is 1.71 bits per heavy atom. The maximum Gasteiger partial charge on any atom is 0.254 e. The Labute approximate surface area is 121 Å². The summed E-state index contributed by atoms with van der Waals surface area (Å²) < 4.78 is 15.0. The average Bonchev–Trinajstić information content (AvgIpc) is 2.52. The van der Waals surface area contributed by atoms with Gasteiger partial charge in [-0.2, -0.15) is 0 Å². The van der Waals surface area contributed by atoms with Crippen molar-refractivity contribution in [1.82, 2.24) is 9.55 Å².